The molecule has 8 nitrogen and oxygen atoms in total. The summed E-state index contributed by atoms with van der Waals surface area (Å²) in [5.74, 6) is -0.353. The van der Waals surface area contributed by atoms with Crippen LogP contribution >= 0.6 is 34.9 Å². The van der Waals surface area contributed by atoms with E-state index < -0.39 is 12.6 Å². The fourth-order valence-corrected chi connectivity index (χ4v) is 4.99. The monoisotopic (exact) mass is 473 g/mol. The fourth-order valence-electron chi connectivity index (χ4n) is 2.22. The topological polar surface area (TPSA) is 117 Å². The van der Waals surface area contributed by atoms with E-state index in [1.54, 1.807) is 36.0 Å². The number of para-hydroxylation sites is 1. The standard InChI is InChI=1S/C20H18N4O4S3/c25-17(22-21-10-15-8-4-5-9-16(15)28-11-18(26)27)13-30-20-24-23-19(31-20)29-12-14-6-2-1-3-7-14/h1-10H,11-13H2,(H,22,25)(H,26,27)/p-1. The van der Waals surface area contributed by atoms with E-state index in [4.69, 9.17) is 4.74 Å². The molecule has 0 saturated carbocycles. The van der Waals surface area contributed by atoms with Gasteiger partial charge < -0.3 is 14.6 Å². The molecular weight excluding hydrogens is 456 g/mol. The lowest BCUT2D eigenvalue weighted by Crippen LogP contribution is -2.29. The highest BCUT2D eigenvalue weighted by molar-refractivity contribution is 8.03. The fraction of sp³-hybridized carbons (Fsp3) is 0.150. The molecule has 0 unspecified atom stereocenters. The van der Waals surface area contributed by atoms with Gasteiger partial charge in [-0.15, -0.1) is 10.2 Å². The number of hydrogen-bond acceptors (Lipinski definition) is 10. The number of hydrazone groups is 1. The molecule has 31 heavy (non-hydrogen) atoms. The number of nitrogens with one attached hydrogen (secondary N) is 1. The molecule has 2 aromatic carbocycles. The summed E-state index contributed by atoms with van der Waals surface area (Å²) in [4.78, 5) is 22.6. The average Bonchev–Trinajstić information content (AvgIpc) is 3.24. The van der Waals surface area contributed by atoms with Crippen molar-refractivity contribution < 1.29 is 19.4 Å². The van der Waals surface area contributed by atoms with Crippen LogP contribution in [0.15, 0.2) is 68.4 Å². The van der Waals surface area contributed by atoms with Crippen LogP contribution in [0.5, 0.6) is 5.75 Å². The zero-order valence-corrected chi connectivity index (χ0v) is 18.5. The highest BCUT2D eigenvalue weighted by Gasteiger charge is 2.09. The third-order valence-corrected chi connectivity index (χ3v) is 6.84. The number of nitrogens with zero attached hydrogens (tertiary/aromatic N) is 3. The summed E-state index contributed by atoms with van der Waals surface area (Å²) >= 11 is 4.32. The Hall–Kier alpha value is -2.89. The number of aromatic nitrogens is 2. The Balaban J connectivity index is 1.43. The molecule has 0 saturated heterocycles. The molecule has 3 rings (SSSR count). The second-order valence-electron chi connectivity index (χ2n) is 5.89. The molecule has 1 aromatic heterocycles. The van der Waals surface area contributed by atoms with Crippen LogP contribution in [-0.2, 0) is 15.3 Å². The first kappa shape index (κ1) is 22.8. The number of benzene rings is 2. The zero-order chi connectivity index (χ0) is 21.9. The Kier molecular flexibility index (Phi) is 8.88. The lowest BCUT2D eigenvalue weighted by Gasteiger charge is -2.08. The van der Waals surface area contributed by atoms with Gasteiger partial charge in [0.25, 0.3) is 5.91 Å². The highest BCUT2D eigenvalue weighted by Crippen LogP contribution is 2.30. The van der Waals surface area contributed by atoms with Gasteiger partial charge in [-0.25, -0.2) is 5.43 Å². The first-order chi connectivity index (χ1) is 15.1. The minimum Gasteiger partial charge on any atom is -0.546 e. The number of aliphatic carboxylic acids is 1. The maximum absolute atomic E-state index is 12.0. The van der Waals surface area contributed by atoms with Crippen molar-refractivity contribution in [1.29, 1.82) is 0 Å². The SMILES string of the molecule is O=C([O-])COc1ccccc1C=NNC(=O)CSc1nnc(SCc2ccccc2)s1. The Bertz CT molecular complexity index is 1040. The number of carboxylic acid groups (broad SMARTS) is 1. The van der Waals surface area contributed by atoms with Gasteiger partial charge in [0.15, 0.2) is 8.68 Å². The first-order valence-electron chi connectivity index (χ1n) is 8.97. The second kappa shape index (κ2) is 12.1. The van der Waals surface area contributed by atoms with Crippen molar-refractivity contribution in [1.82, 2.24) is 15.6 Å². The van der Waals surface area contributed by atoms with Gasteiger partial charge in [-0.3, -0.25) is 4.79 Å². The van der Waals surface area contributed by atoms with Crippen molar-refractivity contribution in [2.75, 3.05) is 12.4 Å². The van der Waals surface area contributed by atoms with Crippen molar-refractivity contribution in [3.63, 3.8) is 0 Å². The largest absolute Gasteiger partial charge is 0.546 e. The van der Waals surface area contributed by atoms with Crippen LogP contribution in [0.2, 0.25) is 0 Å². The summed E-state index contributed by atoms with van der Waals surface area (Å²) < 4.78 is 6.68. The van der Waals surface area contributed by atoms with E-state index >= 15 is 0 Å². The minimum absolute atomic E-state index is 0.137. The molecule has 0 aliphatic rings. The number of thioether (sulfide) groups is 2. The first-order valence-corrected chi connectivity index (χ1v) is 11.8. The van der Waals surface area contributed by atoms with Gasteiger partial charge >= 0.3 is 0 Å². The number of carbonyl (C=O) groups is 2. The summed E-state index contributed by atoms with van der Waals surface area (Å²) in [5.41, 5.74) is 4.16. The van der Waals surface area contributed by atoms with E-state index in [0.29, 0.717) is 15.7 Å². The summed E-state index contributed by atoms with van der Waals surface area (Å²) in [6, 6.07) is 16.8. The molecule has 0 bridgehead atoms. The summed E-state index contributed by atoms with van der Waals surface area (Å²) in [7, 11) is 0. The van der Waals surface area contributed by atoms with Crippen molar-refractivity contribution >= 4 is 53.0 Å². The molecule has 1 N–H and O–H groups in total. The van der Waals surface area contributed by atoms with Crippen molar-refractivity contribution in [2.45, 2.75) is 14.4 Å². The minimum atomic E-state index is -1.32. The molecular formula is C20H17N4O4S3-. The van der Waals surface area contributed by atoms with Gasteiger partial charge in [0, 0.05) is 11.3 Å². The van der Waals surface area contributed by atoms with E-state index in [2.05, 4.69) is 32.9 Å². The number of hydrogen-bond donors (Lipinski definition) is 1. The van der Waals surface area contributed by atoms with Crippen LogP contribution in [0.25, 0.3) is 0 Å². The van der Waals surface area contributed by atoms with Crippen molar-refractivity contribution in [3.05, 3.63) is 65.7 Å². The summed E-state index contributed by atoms with van der Waals surface area (Å²) in [5, 5.41) is 22.7. The maximum Gasteiger partial charge on any atom is 0.250 e. The van der Waals surface area contributed by atoms with Gasteiger partial charge in [-0.2, -0.15) is 5.10 Å². The number of rotatable bonds is 11. The Morgan fingerprint density at radius 2 is 1.77 bits per heavy atom. The van der Waals surface area contributed by atoms with E-state index in [-0.39, 0.29) is 11.7 Å². The second-order valence-corrected chi connectivity index (χ2v) is 9.31. The average molecular weight is 474 g/mol. The molecule has 1 heterocycles. The van der Waals surface area contributed by atoms with Crippen molar-refractivity contribution in [3.8, 4) is 5.75 Å². The molecule has 0 radical (unpaired) electrons. The Morgan fingerprint density at radius 3 is 2.55 bits per heavy atom. The molecule has 0 aliphatic heterocycles. The molecule has 0 aliphatic carbocycles. The predicted molar refractivity (Wildman–Crippen MR) is 119 cm³/mol. The van der Waals surface area contributed by atoms with Crippen LogP contribution in [0.1, 0.15) is 11.1 Å². The smallest absolute Gasteiger partial charge is 0.250 e. The normalized spacial score (nSPS) is 10.8. The van der Waals surface area contributed by atoms with Crippen LogP contribution in [0.4, 0.5) is 0 Å². The Labute approximate surface area is 191 Å². The lowest BCUT2D eigenvalue weighted by molar-refractivity contribution is -0.307. The molecule has 0 spiro atoms. The molecule has 0 fully saturated rings. The lowest BCUT2D eigenvalue weighted by atomic mass is 10.2. The predicted octanol–water partition coefficient (Wildman–Crippen LogP) is 2.20. The zero-order valence-electron chi connectivity index (χ0n) is 16.1. The number of carboxylic acids is 1. The van der Waals surface area contributed by atoms with Gasteiger partial charge in [0.05, 0.1) is 17.9 Å². The van der Waals surface area contributed by atoms with Gasteiger partial charge in [-0.1, -0.05) is 77.3 Å². The van der Waals surface area contributed by atoms with E-state index in [1.807, 2.05) is 18.2 Å². The molecule has 0 atom stereocenters. The van der Waals surface area contributed by atoms with Gasteiger partial charge in [-0.05, 0) is 17.7 Å². The van der Waals surface area contributed by atoms with E-state index in [0.717, 1.165) is 10.1 Å². The van der Waals surface area contributed by atoms with Crippen LogP contribution in [0.3, 0.4) is 0 Å². The molecule has 160 valence electrons. The van der Waals surface area contributed by atoms with Gasteiger partial charge in [0.2, 0.25) is 0 Å². The Morgan fingerprint density at radius 1 is 1.06 bits per heavy atom. The van der Waals surface area contributed by atoms with Crippen LogP contribution < -0.4 is 15.3 Å². The van der Waals surface area contributed by atoms with Crippen LogP contribution in [-0.4, -0.2) is 40.6 Å². The third kappa shape index (κ3) is 8.04. The molecule has 1 amide bonds. The highest BCUT2D eigenvalue weighted by atomic mass is 32.2. The molecule has 3 aromatic rings. The van der Waals surface area contributed by atoms with Gasteiger partial charge in [0.1, 0.15) is 12.4 Å². The van der Waals surface area contributed by atoms with E-state index in [9.17, 15) is 14.7 Å². The maximum atomic E-state index is 12.0. The number of carbonyl (C=O) groups excluding carboxylic acids is 2. The summed E-state index contributed by atoms with van der Waals surface area (Å²) in [6.45, 7) is -0.568. The van der Waals surface area contributed by atoms with Crippen molar-refractivity contribution in [2.24, 2.45) is 5.10 Å². The quantitative estimate of drug-likeness (QED) is 0.256. The number of ether oxygens (including phenoxy) is 1. The third-order valence-electron chi connectivity index (χ3n) is 3.58. The number of amides is 1. The molecule has 11 heteroatoms. The van der Waals surface area contributed by atoms with E-state index in [1.165, 1.54) is 34.9 Å². The van der Waals surface area contributed by atoms with Crippen LogP contribution in [0, 0.1) is 0 Å². The summed E-state index contributed by atoms with van der Waals surface area (Å²) in [6.07, 6.45) is 1.39.